The predicted octanol–water partition coefficient (Wildman–Crippen LogP) is 2.50. The highest BCUT2D eigenvalue weighted by Crippen LogP contribution is 2.24. The first-order valence-electron chi connectivity index (χ1n) is 9.38. The van der Waals surface area contributed by atoms with Crippen molar-refractivity contribution in [2.24, 2.45) is 0 Å². The van der Waals surface area contributed by atoms with Crippen LogP contribution in [-0.2, 0) is 4.79 Å². The number of pyridine rings is 1. The number of aliphatic hydroxyl groups excluding tert-OH is 1. The predicted molar refractivity (Wildman–Crippen MR) is 113 cm³/mol. The Kier molecular flexibility index (Phi) is 7.21. The van der Waals surface area contributed by atoms with Crippen molar-refractivity contribution in [3.05, 3.63) is 60.6 Å². The van der Waals surface area contributed by atoms with Gasteiger partial charge >= 0.3 is 0 Å². The average molecular weight is 392 g/mol. The van der Waals surface area contributed by atoms with Crippen LogP contribution >= 0.6 is 0 Å². The van der Waals surface area contributed by atoms with E-state index in [2.05, 4.69) is 30.9 Å². The van der Waals surface area contributed by atoms with Crippen LogP contribution in [-0.4, -0.2) is 45.7 Å². The number of carbonyl (C=O) groups excluding carboxylic acids is 1. The summed E-state index contributed by atoms with van der Waals surface area (Å²) in [6.07, 6.45) is 5.78. The summed E-state index contributed by atoms with van der Waals surface area (Å²) in [6.45, 7) is 2.85. The maximum absolute atomic E-state index is 12.0. The van der Waals surface area contributed by atoms with Crippen LogP contribution in [0.5, 0.6) is 0 Å². The topological polar surface area (TPSA) is 112 Å². The number of benzene rings is 1. The van der Waals surface area contributed by atoms with Gasteiger partial charge in [0, 0.05) is 42.1 Å². The van der Waals surface area contributed by atoms with E-state index >= 15 is 0 Å². The highest BCUT2D eigenvalue weighted by atomic mass is 16.3. The minimum Gasteiger partial charge on any atom is -0.396 e. The summed E-state index contributed by atoms with van der Waals surface area (Å²) in [4.78, 5) is 25.0. The van der Waals surface area contributed by atoms with Gasteiger partial charge < -0.3 is 21.1 Å². The Morgan fingerprint density at radius 3 is 2.86 bits per heavy atom. The number of amides is 1. The van der Waals surface area contributed by atoms with Crippen LogP contribution < -0.4 is 16.0 Å². The molecule has 0 spiro atoms. The van der Waals surface area contributed by atoms with Gasteiger partial charge in [0.05, 0.1) is 12.2 Å². The number of rotatable bonds is 9. The Morgan fingerprint density at radius 2 is 2.07 bits per heavy atom. The molecule has 4 N–H and O–H groups in total. The molecule has 0 atom stereocenters. The number of aryl methyl sites for hydroxylation is 1. The number of anilines is 3. The van der Waals surface area contributed by atoms with E-state index in [4.69, 9.17) is 5.11 Å². The van der Waals surface area contributed by atoms with Crippen molar-refractivity contribution in [2.75, 3.05) is 30.3 Å². The molecular formula is C21H24N6O2. The van der Waals surface area contributed by atoms with E-state index < -0.39 is 0 Å². The standard InChI is InChI=1S/C21H24N6O2/c1-15-5-6-17(25-20(29)14-23-9-3-11-28)12-19(15)27-21-24-10-7-18(26-21)16-4-2-8-22-13-16/h2,4-8,10,12-13,23,28H,3,9,11,14H2,1H3,(H,25,29)(H,24,26,27). The minimum absolute atomic E-state index is 0.103. The first-order chi connectivity index (χ1) is 14.2. The molecule has 3 rings (SSSR count). The summed E-state index contributed by atoms with van der Waals surface area (Å²) < 4.78 is 0. The fourth-order valence-electron chi connectivity index (χ4n) is 2.66. The number of hydrogen-bond acceptors (Lipinski definition) is 7. The molecule has 2 heterocycles. The van der Waals surface area contributed by atoms with Crippen molar-refractivity contribution in [1.82, 2.24) is 20.3 Å². The van der Waals surface area contributed by atoms with Crippen molar-refractivity contribution in [1.29, 1.82) is 0 Å². The zero-order valence-electron chi connectivity index (χ0n) is 16.2. The van der Waals surface area contributed by atoms with Gasteiger partial charge in [-0.15, -0.1) is 0 Å². The van der Waals surface area contributed by atoms with Crippen LogP contribution in [0.4, 0.5) is 17.3 Å². The minimum atomic E-state index is -0.146. The fourth-order valence-corrected chi connectivity index (χ4v) is 2.66. The molecule has 8 heteroatoms. The zero-order valence-corrected chi connectivity index (χ0v) is 16.2. The maximum Gasteiger partial charge on any atom is 0.238 e. The number of aromatic nitrogens is 3. The molecule has 0 saturated heterocycles. The van der Waals surface area contributed by atoms with Crippen LogP contribution in [0.1, 0.15) is 12.0 Å². The fraction of sp³-hybridized carbons (Fsp3) is 0.238. The Bertz CT molecular complexity index is 949. The smallest absolute Gasteiger partial charge is 0.238 e. The summed E-state index contributed by atoms with van der Waals surface area (Å²) in [5.41, 5.74) is 4.16. The van der Waals surface area contributed by atoms with E-state index in [1.807, 2.05) is 43.3 Å². The number of aliphatic hydroxyl groups is 1. The summed E-state index contributed by atoms with van der Waals surface area (Å²) >= 11 is 0. The van der Waals surface area contributed by atoms with Gasteiger partial charge in [0.1, 0.15) is 0 Å². The Hall–Kier alpha value is -3.36. The second-order valence-electron chi connectivity index (χ2n) is 6.46. The third kappa shape index (κ3) is 6.06. The Morgan fingerprint density at radius 1 is 1.17 bits per heavy atom. The van der Waals surface area contributed by atoms with Crippen molar-refractivity contribution >= 4 is 23.2 Å². The van der Waals surface area contributed by atoms with Gasteiger partial charge in [0.2, 0.25) is 11.9 Å². The average Bonchev–Trinajstić information content (AvgIpc) is 2.74. The molecule has 1 aromatic carbocycles. The van der Waals surface area contributed by atoms with Gasteiger partial charge in [0.15, 0.2) is 0 Å². The highest BCUT2D eigenvalue weighted by Gasteiger charge is 2.07. The molecule has 150 valence electrons. The molecule has 0 aliphatic rings. The molecule has 0 unspecified atom stereocenters. The molecule has 29 heavy (non-hydrogen) atoms. The first kappa shape index (κ1) is 20.4. The SMILES string of the molecule is Cc1ccc(NC(=O)CNCCCO)cc1Nc1nccc(-c2cccnc2)n1. The lowest BCUT2D eigenvalue weighted by atomic mass is 10.1. The van der Waals surface area contributed by atoms with Crippen molar-refractivity contribution in [3.63, 3.8) is 0 Å². The van der Waals surface area contributed by atoms with E-state index in [0.29, 0.717) is 24.6 Å². The molecule has 0 aliphatic heterocycles. The lowest BCUT2D eigenvalue weighted by Crippen LogP contribution is -2.29. The Balaban J connectivity index is 1.68. The highest BCUT2D eigenvalue weighted by molar-refractivity contribution is 5.93. The maximum atomic E-state index is 12.0. The van der Waals surface area contributed by atoms with Crippen molar-refractivity contribution in [2.45, 2.75) is 13.3 Å². The second kappa shape index (κ2) is 10.3. The van der Waals surface area contributed by atoms with Crippen LogP contribution in [0.3, 0.4) is 0 Å². The van der Waals surface area contributed by atoms with E-state index in [1.54, 1.807) is 18.6 Å². The lowest BCUT2D eigenvalue weighted by molar-refractivity contribution is -0.115. The number of nitrogens with one attached hydrogen (secondary N) is 3. The van der Waals surface area contributed by atoms with E-state index in [0.717, 1.165) is 22.5 Å². The summed E-state index contributed by atoms with van der Waals surface area (Å²) in [5.74, 6) is 0.316. The Labute approximate surface area is 169 Å². The normalized spacial score (nSPS) is 10.6. The monoisotopic (exact) mass is 392 g/mol. The summed E-state index contributed by atoms with van der Waals surface area (Å²) in [6, 6.07) is 11.2. The van der Waals surface area contributed by atoms with Gasteiger partial charge in [-0.05, 0) is 55.8 Å². The van der Waals surface area contributed by atoms with Gasteiger partial charge in [-0.2, -0.15) is 0 Å². The lowest BCUT2D eigenvalue weighted by Gasteiger charge is -2.12. The van der Waals surface area contributed by atoms with Gasteiger partial charge in [0.25, 0.3) is 0 Å². The summed E-state index contributed by atoms with van der Waals surface area (Å²) in [5, 5.41) is 17.8. The number of hydrogen-bond donors (Lipinski definition) is 4. The zero-order chi connectivity index (χ0) is 20.5. The van der Waals surface area contributed by atoms with E-state index in [9.17, 15) is 4.79 Å². The molecule has 0 saturated carbocycles. The van der Waals surface area contributed by atoms with Crippen molar-refractivity contribution < 1.29 is 9.90 Å². The van der Waals surface area contributed by atoms with Gasteiger partial charge in [-0.3, -0.25) is 9.78 Å². The summed E-state index contributed by atoms with van der Waals surface area (Å²) in [7, 11) is 0. The molecule has 2 aromatic heterocycles. The molecule has 0 aliphatic carbocycles. The number of carbonyl (C=O) groups is 1. The van der Waals surface area contributed by atoms with Crippen LogP contribution in [0.25, 0.3) is 11.3 Å². The molecule has 0 bridgehead atoms. The molecule has 1 amide bonds. The van der Waals surface area contributed by atoms with Gasteiger partial charge in [-0.25, -0.2) is 9.97 Å². The van der Waals surface area contributed by atoms with Crippen LogP contribution in [0, 0.1) is 6.92 Å². The molecular weight excluding hydrogens is 368 g/mol. The third-order valence-electron chi connectivity index (χ3n) is 4.18. The first-order valence-corrected chi connectivity index (χ1v) is 9.38. The van der Waals surface area contributed by atoms with E-state index in [-0.39, 0.29) is 19.1 Å². The number of nitrogens with zero attached hydrogens (tertiary/aromatic N) is 3. The van der Waals surface area contributed by atoms with E-state index in [1.165, 1.54) is 0 Å². The van der Waals surface area contributed by atoms with Gasteiger partial charge in [-0.1, -0.05) is 6.07 Å². The van der Waals surface area contributed by atoms with Crippen molar-refractivity contribution in [3.8, 4) is 11.3 Å². The molecule has 3 aromatic rings. The molecule has 8 nitrogen and oxygen atoms in total. The third-order valence-corrected chi connectivity index (χ3v) is 4.18. The van der Waals surface area contributed by atoms with Crippen LogP contribution in [0.2, 0.25) is 0 Å². The molecule has 0 radical (unpaired) electrons. The van der Waals surface area contributed by atoms with Crippen LogP contribution in [0.15, 0.2) is 55.0 Å². The largest absolute Gasteiger partial charge is 0.396 e. The second-order valence-corrected chi connectivity index (χ2v) is 6.46. The quantitative estimate of drug-likeness (QED) is 0.414. The molecule has 0 fully saturated rings.